The molecule has 24 heavy (non-hydrogen) atoms. The topological polar surface area (TPSA) is 118 Å². The van der Waals surface area contributed by atoms with Crippen LogP contribution in [0.5, 0.6) is 0 Å². The van der Waals surface area contributed by atoms with Gasteiger partial charge in [0.15, 0.2) is 0 Å². The lowest BCUT2D eigenvalue weighted by molar-refractivity contribution is -0.114. The van der Waals surface area contributed by atoms with Crippen molar-refractivity contribution in [2.75, 3.05) is 11.1 Å². The number of amides is 1. The molecule has 9 heteroatoms. The van der Waals surface area contributed by atoms with Gasteiger partial charge in [-0.05, 0) is 17.5 Å². The van der Waals surface area contributed by atoms with E-state index in [9.17, 15) is 23.1 Å². The number of fused-ring (bicyclic) bond motifs is 1. The number of para-hydroxylation sites is 1. The molecular formula is C15H19N3O5S. The fourth-order valence-electron chi connectivity index (χ4n) is 2.38. The zero-order chi connectivity index (χ0) is 18.3. The lowest BCUT2D eigenvalue weighted by Gasteiger charge is -2.19. The second kappa shape index (κ2) is 5.90. The number of nitrogens with one attached hydrogen (secondary N) is 1. The fourth-order valence-corrected chi connectivity index (χ4v) is 4.40. The monoisotopic (exact) mass is 353 g/mol. The molecule has 0 radical (unpaired) electrons. The van der Waals surface area contributed by atoms with Crippen molar-refractivity contribution in [3.63, 3.8) is 0 Å². The molecule has 0 fully saturated rings. The third-order valence-electron chi connectivity index (χ3n) is 3.06. The van der Waals surface area contributed by atoms with Crippen molar-refractivity contribution in [1.82, 2.24) is 8.96 Å². The summed E-state index contributed by atoms with van der Waals surface area (Å²) in [6.45, 7) is 6.53. The van der Waals surface area contributed by atoms with Crippen LogP contribution in [0.1, 0.15) is 38.1 Å². The Balaban J connectivity index is 2.82. The Kier molecular flexibility index (Phi) is 4.40. The predicted molar refractivity (Wildman–Crippen MR) is 89.6 cm³/mol. The number of benzene rings is 1. The van der Waals surface area contributed by atoms with Crippen LogP contribution < -0.4 is 5.32 Å². The van der Waals surface area contributed by atoms with Crippen molar-refractivity contribution < 1.29 is 23.1 Å². The van der Waals surface area contributed by atoms with Gasteiger partial charge in [-0.15, -0.1) is 0 Å². The number of nitrogens with zero attached hydrogens (tertiary/aromatic N) is 2. The molecule has 130 valence electrons. The van der Waals surface area contributed by atoms with Crippen LogP contribution in [0.25, 0.3) is 11.0 Å². The summed E-state index contributed by atoms with van der Waals surface area (Å²) < 4.78 is 26.6. The highest BCUT2D eigenvalue weighted by atomic mass is 32.2. The van der Waals surface area contributed by atoms with Gasteiger partial charge in [-0.25, -0.2) is 22.2 Å². The average molecular weight is 353 g/mol. The van der Waals surface area contributed by atoms with Gasteiger partial charge in [0.25, 0.3) is 0 Å². The van der Waals surface area contributed by atoms with Gasteiger partial charge < -0.3 is 5.11 Å². The Morgan fingerprint density at radius 1 is 1.29 bits per heavy atom. The molecule has 0 aliphatic heterocycles. The fraction of sp³-hybridized carbons (Fsp3) is 0.400. The molecule has 1 amide bonds. The van der Waals surface area contributed by atoms with Crippen molar-refractivity contribution >= 4 is 38.9 Å². The SMILES string of the molecule is CC(=O)Nc1nc2c(C(=O)O)cccc2n1S(=O)(=O)CC(C)(C)C. The highest BCUT2D eigenvalue weighted by Crippen LogP contribution is 2.28. The summed E-state index contributed by atoms with van der Waals surface area (Å²) in [7, 11) is -3.87. The quantitative estimate of drug-likeness (QED) is 0.867. The minimum atomic E-state index is -3.87. The molecule has 0 spiro atoms. The number of rotatable bonds is 4. The molecule has 1 aromatic heterocycles. The van der Waals surface area contributed by atoms with Gasteiger partial charge >= 0.3 is 5.97 Å². The number of anilines is 1. The number of imidazole rings is 1. The summed E-state index contributed by atoms with van der Waals surface area (Å²) >= 11 is 0. The largest absolute Gasteiger partial charge is 0.478 e. The summed E-state index contributed by atoms with van der Waals surface area (Å²) in [4.78, 5) is 26.8. The molecule has 0 aliphatic carbocycles. The molecule has 0 bridgehead atoms. The number of hydrogen-bond acceptors (Lipinski definition) is 5. The molecule has 2 N–H and O–H groups in total. The van der Waals surface area contributed by atoms with Crippen LogP contribution in [0.3, 0.4) is 0 Å². The van der Waals surface area contributed by atoms with Gasteiger partial charge in [-0.1, -0.05) is 26.8 Å². The molecule has 0 saturated heterocycles. The number of carboxylic acid groups (broad SMARTS) is 1. The third-order valence-corrected chi connectivity index (χ3v) is 5.21. The van der Waals surface area contributed by atoms with Crippen molar-refractivity contribution in [1.29, 1.82) is 0 Å². The van der Waals surface area contributed by atoms with Gasteiger partial charge in [0, 0.05) is 6.92 Å². The van der Waals surface area contributed by atoms with E-state index in [1.54, 1.807) is 20.8 Å². The number of carboxylic acids is 1. The summed E-state index contributed by atoms with van der Waals surface area (Å²) in [6, 6.07) is 4.23. The van der Waals surface area contributed by atoms with E-state index in [4.69, 9.17) is 0 Å². The van der Waals surface area contributed by atoms with E-state index in [-0.39, 0.29) is 28.3 Å². The van der Waals surface area contributed by atoms with E-state index >= 15 is 0 Å². The highest BCUT2D eigenvalue weighted by molar-refractivity contribution is 7.90. The maximum absolute atomic E-state index is 12.8. The number of carbonyl (C=O) groups excluding carboxylic acids is 1. The van der Waals surface area contributed by atoms with Crippen LogP contribution in [0, 0.1) is 5.41 Å². The summed E-state index contributed by atoms with van der Waals surface area (Å²) in [5.74, 6) is -2.15. The minimum absolute atomic E-state index is 0.00577. The van der Waals surface area contributed by atoms with E-state index in [1.807, 2.05) is 0 Å². The Labute approximate surface area is 139 Å². The molecule has 1 heterocycles. The highest BCUT2D eigenvalue weighted by Gasteiger charge is 2.29. The number of hydrogen-bond donors (Lipinski definition) is 2. The minimum Gasteiger partial charge on any atom is -0.478 e. The van der Waals surface area contributed by atoms with Crippen LogP contribution in [0.15, 0.2) is 18.2 Å². The van der Waals surface area contributed by atoms with Gasteiger partial charge in [0.1, 0.15) is 5.52 Å². The van der Waals surface area contributed by atoms with E-state index in [0.29, 0.717) is 0 Å². The first-order valence-corrected chi connectivity index (χ1v) is 8.79. The van der Waals surface area contributed by atoms with Crippen molar-refractivity contribution in [3.8, 4) is 0 Å². The third kappa shape index (κ3) is 3.56. The van der Waals surface area contributed by atoms with Gasteiger partial charge in [-0.2, -0.15) is 0 Å². The molecule has 0 unspecified atom stereocenters. The zero-order valence-corrected chi connectivity index (χ0v) is 14.6. The van der Waals surface area contributed by atoms with E-state index in [0.717, 1.165) is 3.97 Å². The molecule has 0 saturated carbocycles. The molecule has 0 atom stereocenters. The van der Waals surface area contributed by atoms with Crippen molar-refractivity contribution in [2.24, 2.45) is 5.41 Å². The van der Waals surface area contributed by atoms with Crippen LogP contribution in [0.2, 0.25) is 0 Å². The Morgan fingerprint density at radius 2 is 1.92 bits per heavy atom. The van der Waals surface area contributed by atoms with E-state index < -0.39 is 27.3 Å². The lowest BCUT2D eigenvalue weighted by Crippen LogP contribution is -2.27. The molecule has 1 aromatic carbocycles. The van der Waals surface area contributed by atoms with Gasteiger partial charge in [-0.3, -0.25) is 10.1 Å². The maximum atomic E-state index is 12.8. The van der Waals surface area contributed by atoms with Crippen molar-refractivity contribution in [3.05, 3.63) is 23.8 Å². The number of aromatic nitrogens is 2. The van der Waals surface area contributed by atoms with Gasteiger partial charge in [0.05, 0.1) is 16.8 Å². The Hall–Kier alpha value is -2.42. The first-order chi connectivity index (χ1) is 10.9. The zero-order valence-electron chi connectivity index (χ0n) is 13.8. The van der Waals surface area contributed by atoms with Crippen LogP contribution >= 0.6 is 0 Å². The summed E-state index contributed by atoms with van der Waals surface area (Å²) in [6.07, 6.45) is 0. The second-order valence-electron chi connectivity index (χ2n) is 6.68. The first-order valence-electron chi connectivity index (χ1n) is 7.18. The maximum Gasteiger partial charge on any atom is 0.337 e. The Morgan fingerprint density at radius 3 is 2.42 bits per heavy atom. The average Bonchev–Trinajstić information content (AvgIpc) is 2.72. The van der Waals surface area contributed by atoms with Gasteiger partial charge in [0.2, 0.25) is 21.9 Å². The van der Waals surface area contributed by atoms with E-state index in [1.165, 1.54) is 25.1 Å². The number of carbonyl (C=O) groups is 2. The molecule has 2 rings (SSSR count). The summed E-state index contributed by atoms with van der Waals surface area (Å²) in [5, 5.41) is 11.6. The molecule has 0 aliphatic rings. The molecular weight excluding hydrogens is 334 g/mol. The Bertz CT molecular complexity index is 922. The first kappa shape index (κ1) is 17.9. The second-order valence-corrected chi connectivity index (χ2v) is 8.49. The normalized spacial score (nSPS) is 12.3. The standard InChI is InChI=1S/C15H19N3O5S/c1-9(19)16-14-17-12-10(13(20)21)6-5-7-11(12)18(14)24(22,23)8-15(2,3)4/h5-7H,8H2,1-4H3,(H,20,21)(H,16,17,19). The molecule has 8 nitrogen and oxygen atoms in total. The molecule has 2 aromatic rings. The van der Waals surface area contributed by atoms with Crippen LogP contribution in [0.4, 0.5) is 5.95 Å². The van der Waals surface area contributed by atoms with Crippen molar-refractivity contribution in [2.45, 2.75) is 27.7 Å². The lowest BCUT2D eigenvalue weighted by atomic mass is 10.0. The number of aromatic carboxylic acids is 1. The van der Waals surface area contributed by atoms with Crippen LogP contribution in [-0.2, 0) is 14.8 Å². The van der Waals surface area contributed by atoms with E-state index in [2.05, 4.69) is 10.3 Å². The van der Waals surface area contributed by atoms with Crippen LogP contribution in [-0.4, -0.2) is 40.1 Å². The predicted octanol–water partition coefficient (Wildman–Crippen LogP) is 1.92. The smallest absolute Gasteiger partial charge is 0.337 e. The summed E-state index contributed by atoms with van der Waals surface area (Å²) in [5.41, 5.74) is -0.550.